The van der Waals surface area contributed by atoms with E-state index in [-0.39, 0.29) is 12.3 Å². The Kier molecular flexibility index (Phi) is 4.70. The topological polar surface area (TPSA) is 74.8 Å². The van der Waals surface area contributed by atoms with Crippen molar-refractivity contribution in [2.24, 2.45) is 0 Å². The Labute approximate surface area is 113 Å². The molecule has 2 rings (SSSR count). The summed E-state index contributed by atoms with van der Waals surface area (Å²) in [5.41, 5.74) is 1.16. The van der Waals surface area contributed by atoms with E-state index in [1.807, 2.05) is 30.3 Å². The summed E-state index contributed by atoms with van der Waals surface area (Å²) in [5, 5.41) is 0. The van der Waals surface area contributed by atoms with Crippen molar-refractivity contribution >= 4 is 10.0 Å². The lowest BCUT2D eigenvalue weighted by atomic mass is 10.1. The number of aromatic amines is 1. The number of sulfonamides is 1. The van der Waals surface area contributed by atoms with Crippen molar-refractivity contribution in [3.05, 3.63) is 54.1 Å². The average Bonchev–Trinajstić information content (AvgIpc) is 2.91. The summed E-state index contributed by atoms with van der Waals surface area (Å²) in [7, 11) is -3.24. The third-order valence-corrected chi connectivity index (χ3v) is 4.15. The summed E-state index contributed by atoms with van der Waals surface area (Å²) < 4.78 is 26.1. The van der Waals surface area contributed by atoms with Crippen molar-refractivity contribution in [3.8, 4) is 0 Å². The Morgan fingerprint density at radius 3 is 2.68 bits per heavy atom. The maximum atomic E-state index is 11.8. The van der Waals surface area contributed by atoms with Crippen molar-refractivity contribution in [1.29, 1.82) is 0 Å². The molecule has 2 aromatic rings. The number of hydrogen-bond donors (Lipinski definition) is 2. The minimum atomic E-state index is -3.24. The van der Waals surface area contributed by atoms with Crippen LogP contribution in [0.4, 0.5) is 0 Å². The fraction of sp³-hybridized carbons (Fsp3) is 0.308. The highest BCUT2D eigenvalue weighted by Crippen LogP contribution is 2.03. The minimum absolute atomic E-state index is 0.128. The SMILES string of the molecule is O=S(=O)(CCCc1ccccc1)NCc1ncc[nH]1. The first-order valence-corrected chi connectivity index (χ1v) is 7.80. The van der Waals surface area contributed by atoms with Gasteiger partial charge in [0.2, 0.25) is 10.0 Å². The summed E-state index contributed by atoms with van der Waals surface area (Å²) in [4.78, 5) is 6.82. The number of hydrogen-bond acceptors (Lipinski definition) is 3. The number of benzene rings is 1. The number of aromatic nitrogens is 2. The molecule has 1 aromatic heterocycles. The second kappa shape index (κ2) is 6.49. The molecule has 2 N–H and O–H groups in total. The molecule has 0 radical (unpaired) electrons. The highest BCUT2D eigenvalue weighted by Gasteiger charge is 2.10. The van der Waals surface area contributed by atoms with Crippen LogP contribution in [0.2, 0.25) is 0 Å². The summed E-state index contributed by atoms with van der Waals surface area (Å²) in [5.74, 6) is 0.745. The van der Waals surface area contributed by atoms with Crippen LogP contribution < -0.4 is 4.72 Å². The highest BCUT2D eigenvalue weighted by atomic mass is 32.2. The van der Waals surface area contributed by atoms with Gasteiger partial charge in [0.1, 0.15) is 5.82 Å². The van der Waals surface area contributed by atoms with Crippen LogP contribution >= 0.6 is 0 Å². The fourth-order valence-corrected chi connectivity index (χ4v) is 2.78. The normalized spacial score (nSPS) is 11.6. The third-order valence-electron chi connectivity index (χ3n) is 2.74. The molecule has 5 nitrogen and oxygen atoms in total. The molecule has 1 aromatic carbocycles. The Balaban J connectivity index is 1.75. The van der Waals surface area contributed by atoms with Crippen molar-refractivity contribution in [1.82, 2.24) is 14.7 Å². The van der Waals surface area contributed by atoms with Gasteiger partial charge < -0.3 is 4.98 Å². The molecule has 0 bridgehead atoms. The zero-order valence-corrected chi connectivity index (χ0v) is 11.4. The van der Waals surface area contributed by atoms with E-state index in [2.05, 4.69) is 14.7 Å². The average molecular weight is 279 g/mol. The number of aryl methyl sites for hydroxylation is 1. The highest BCUT2D eigenvalue weighted by molar-refractivity contribution is 7.89. The Morgan fingerprint density at radius 2 is 2.00 bits per heavy atom. The lowest BCUT2D eigenvalue weighted by molar-refractivity contribution is 0.577. The van der Waals surface area contributed by atoms with Crippen molar-refractivity contribution in [2.45, 2.75) is 19.4 Å². The van der Waals surface area contributed by atoms with Gasteiger partial charge in [-0.3, -0.25) is 0 Å². The van der Waals surface area contributed by atoms with Gasteiger partial charge in [-0.25, -0.2) is 18.1 Å². The van der Waals surface area contributed by atoms with E-state index in [4.69, 9.17) is 0 Å². The molecule has 1 heterocycles. The summed E-state index contributed by atoms with van der Waals surface area (Å²) in [6, 6.07) is 9.87. The molecule has 0 saturated carbocycles. The monoisotopic (exact) mass is 279 g/mol. The summed E-state index contributed by atoms with van der Waals surface area (Å²) >= 11 is 0. The van der Waals surface area contributed by atoms with Gasteiger partial charge in [-0.05, 0) is 18.4 Å². The van der Waals surface area contributed by atoms with E-state index in [0.717, 1.165) is 12.0 Å². The van der Waals surface area contributed by atoms with Gasteiger partial charge in [-0.1, -0.05) is 30.3 Å². The second-order valence-corrected chi connectivity index (χ2v) is 6.19. The van der Waals surface area contributed by atoms with Crippen molar-refractivity contribution < 1.29 is 8.42 Å². The van der Waals surface area contributed by atoms with Crippen LogP contribution in [0.5, 0.6) is 0 Å². The minimum Gasteiger partial charge on any atom is -0.347 e. The van der Waals surface area contributed by atoms with Crippen LogP contribution in [-0.2, 0) is 23.0 Å². The summed E-state index contributed by atoms with van der Waals surface area (Å²) in [6.45, 7) is 0.209. The lowest BCUT2D eigenvalue weighted by Gasteiger charge is -2.05. The maximum absolute atomic E-state index is 11.8. The molecule has 6 heteroatoms. The standard InChI is InChI=1S/C13H17N3O2S/c17-19(18,16-11-13-14-8-9-15-13)10-4-7-12-5-2-1-3-6-12/h1-3,5-6,8-9,16H,4,7,10-11H2,(H,14,15). The molecule has 0 atom stereocenters. The lowest BCUT2D eigenvalue weighted by Crippen LogP contribution is -2.26. The molecule has 0 saturated heterocycles. The number of H-pyrrole nitrogens is 1. The number of imidazole rings is 1. The quantitative estimate of drug-likeness (QED) is 0.805. The predicted molar refractivity (Wildman–Crippen MR) is 74.0 cm³/mol. The van der Waals surface area contributed by atoms with Gasteiger partial charge in [0.05, 0.1) is 12.3 Å². The zero-order valence-electron chi connectivity index (χ0n) is 10.5. The Bertz CT molecular complexity index is 580. The first-order chi connectivity index (χ1) is 9.16. The maximum Gasteiger partial charge on any atom is 0.212 e. The molecular weight excluding hydrogens is 262 g/mol. The van der Waals surface area contributed by atoms with Gasteiger partial charge in [0.15, 0.2) is 0 Å². The molecule has 0 fully saturated rings. The van der Waals surface area contributed by atoms with Crippen LogP contribution in [0.25, 0.3) is 0 Å². The summed E-state index contributed by atoms with van der Waals surface area (Å²) in [6.07, 6.45) is 4.64. The van der Waals surface area contributed by atoms with E-state index in [9.17, 15) is 8.42 Å². The first-order valence-electron chi connectivity index (χ1n) is 6.15. The Morgan fingerprint density at radius 1 is 1.21 bits per heavy atom. The van der Waals surface area contributed by atoms with Crippen LogP contribution in [-0.4, -0.2) is 24.1 Å². The number of nitrogens with zero attached hydrogens (tertiary/aromatic N) is 1. The molecule has 0 aliphatic heterocycles. The van der Waals surface area contributed by atoms with Gasteiger partial charge >= 0.3 is 0 Å². The molecule has 0 aliphatic carbocycles. The first kappa shape index (κ1) is 13.8. The van der Waals surface area contributed by atoms with E-state index in [0.29, 0.717) is 12.2 Å². The molecule has 0 unspecified atom stereocenters. The van der Waals surface area contributed by atoms with E-state index in [1.54, 1.807) is 12.4 Å². The predicted octanol–water partition coefficient (Wildman–Crippen LogP) is 1.46. The van der Waals surface area contributed by atoms with Gasteiger partial charge in [-0.15, -0.1) is 0 Å². The van der Waals surface area contributed by atoms with Crippen LogP contribution in [0, 0.1) is 0 Å². The van der Waals surface area contributed by atoms with Gasteiger partial charge in [0, 0.05) is 12.4 Å². The molecule has 0 spiro atoms. The second-order valence-electron chi connectivity index (χ2n) is 4.27. The molecular formula is C13H17N3O2S. The fourth-order valence-electron chi connectivity index (χ4n) is 1.76. The number of nitrogens with one attached hydrogen (secondary N) is 2. The van der Waals surface area contributed by atoms with E-state index < -0.39 is 10.0 Å². The molecule has 0 amide bonds. The molecule has 0 aliphatic rings. The largest absolute Gasteiger partial charge is 0.347 e. The Hall–Kier alpha value is -1.66. The number of rotatable bonds is 7. The van der Waals surface area contributed by atoms with Crippen LogP contribution in [0.1, 0.15) is 17.8 Å². The third kappa shape index (κ3) is 4.84. The van der Waals surface area contributed by atoms with Gasteiger partial charge in [-0.2, -0.15) is 0 Å². The molecule has 102 valence electrons. The smallest absolute Gasteiger partial charge is 0.212 e. The van der Waals surface area contributed by atoms with Crippen molar-refractivity contribution in [3.63, 3.8) is 0 Å². The van der Waals surface area contributed by atoms with Gasteiger partial charge in [0.25, 0.3) is 0 Å². The van der Waals surface area contributed by atoms with Crippen molar-refractivity contribution in [2.75, 3.05) is 5.75 Å². The van der Waals surface area contributed by atoms with E-state index in [1.165, 1.54) is 0 Å². The van der Waals surface area contributed by atoms with Crippen LogP contribution in [0.15, 0.2) is 42.7 Å². The van der Waals surface area contributed by atoms with E-state index >= 15 is 0 Å². The molecule has 19 heavy (non-hydrogen) atoms. The van der Waals surface area contributed by atoms with Crippen LogP contribution in [0.3, 0.4) is 0 Å². The zero-order chi connectivity index (χ0) is 13.6.